The first-order chi connectivity index (χ1) is 5.02. The smallest absolute Gasteiger partial charge is 0.0351 e. The third-order valence-electron chi connectivity index (χ3n) is 1.66. The molecular formula is C8H17Cl2N. The van der Waals surface area contributed by atoms with Crippen molar-refractivity contribution in [1.29, 1.82) is 0 Å². The Balaban J connectivity index is 3.88. The third kappa shape index (κ3) is 4.89. The van der Waals surface area contributed by atoms with E-state index in [0.29, 0.717) is 11.8 Å². The molecule has 0 atom stereocenters. The Morgan fingerprint density at radius 3 is 1.55 bits per heavy atom. The fourth-order valence-corrected chi connectivity index (χ4v) is 1.39. The maximum atomic E-state index is 5.65. The van der Waals surface area contributed by atoms with E-state index >= 15 is 0 Å². The number of hydrogen-bond donors (Lipinski definition) is 0. The molecule has 3 heteroatoms. The third-order valence-corrected chi connectivity index (χ3v) is 2.00. The molecule has 0 fully saturated rings. The van der Waals surface area contributed by atoms with Crippen LogP contribution in [0.2, 0.25) is 0 Å². The van der Waals surface area contributed by atoms with E-state index in [2.05, 4.69) is 25.7 Å². The highest BCUT2D eigenvalue weighted by atomic mass is 35.5. The quantitative estimate of drug-likeness (QED) is 0.627. The van der Waals surface area contributed by atoms with Crippen LogP contribution in [0.15, 0.2) is 0 Å². The van der Waals surface area contributed by atoms with Crippen LogP contribution in [0.25, 0.3) is 0 Å². The second-order valence-electron chi connectivity index (χ2n) is 3.54. The van der Waals surface area contributed by atoms with Gasteiger partial charge in [-0.25, -0.2) is 0 Å². The second kappa shape index (κ2) is 5.23. The van der Waals surface area contributed by atoms with E-state index in [1.54, 1.807) is 0 Å². The number of alkyl halides is 2. The molecule has 0 aliphatic rings. The molecule has 0 N–H and O–H groups in total. The Kier molecular flexibility index (Phi) is 5.49. The summed E-state index contributed by atoms with van der Waals surface area (Å²) < 4.78 is 0. The Morgan fingerprint density at radius 1 is 1.00 bits per heavy atom. The lowest BCUT2D eigenvalue weighted by atomic mass is 10.1. The van der Waals surface area contributed by atoms with Crippen LogP contribution in [0.5, 0.6) is 0 Å². The highest BCUT2D eigenvalue weighted by Gasteiger charge is 2.19. The minimum atomic E-state index is 0.184. The van der Waals surface area contributed by atoms with Crippen LogP contribution in [-0.4, -0.2) is 35.3 Å². The minimum absolute atomic E-state index is 0.184. The van der Waals surface area contributed by atoms with Gasteiger partial charge in [-0.05, 0) is 20.8 Å². The summed E-state index contributed by atoms with van der Waals surface area (Å²) in [7, 11) is 0. The molecule has 0 aromatic heterocycles. The van der Waals surface area contributed by atoms with Crippen molar-refractivity contribution in [1.82, 2.24) is 4.90 Å². The van der Waals surface area contributed by atoms with Gasteiger partial charge >= 0.3 is 0 Å². The highest BCUT2D eigenvalue weighted by molar-refractivity contribution is 6.18. The molecule has 0 saturated heterocycles. The predicted octanol–water partition coefficient (Wildman–Crippen LogP) is 2.56. The van der Waals surface area contributed by atoms with Crippen molar-refractivity contribution in [3.8, 4) is 0 Å². The summed E-state index contributed by atoms with van der Waals surface area (Å²) in [6.45, 7) is 8.35. The molecule has 0 unspecified atom stereocenters. The molecule has 0 rings (SSSR count). The normalized spacial score (nSPS) is 12.5. The predicted molar refractivity (Wildman–Crippen MR) is 52.8 cm³/mol. The van der Waals surface area contributed by atoms with Gasteiger partial charge in [0.1, 0.15) is 0 Å². The molecule has 0 heterocycles. The second-order valence-corrected chi connectivity index (χ2v) is 4.29. The van der Waals surface area contributed by atoms with Crippen LogP contribution >= 0.6 is 23.2 Å². The molecule has 11 heavy (non-hydrogen) atoms. The van der Waals surface area contributed by atoms with Gasteiger partial charge in [-0.2, -0.15) is 0 Å². The average Bonchev–Trinajstić information content (AvgIpc) is 1.85. The Hall–Kier alpha value is 0.540. The molecule has 0 aromatic rings. The summed E-state index contributed by atoms with van der Waals surface area (Å²) in [6.07, 6.45) is 0. The summed E-state index contributed by atoms with van der Waals surface area (Å²) in [5.41, 5.74) is 0.184. The molecule has 0 aliphatic heterocycles. The van der Waals surface area contributed by atoms with Gasteiger partial charge in [-0.3, -0.25) is 4.90 Å². The summed E-state index contributed by atoms with van der Waals surface area (Å²) in [5.74, 6) is 1.35. The molecule has 0 amide bonds. The molecule has 0 aromatic carbocycles. The van der Waals surface area contributed by atoms with Crippen LogP contribution in [0.4, 0.5) is 0 Å². The summed E-state index contributed by atoms with van der Waals surface area (Å²) >= 11 is 11.3. The van der Waals surface area contributed by atoms with Crippen LogP contribution in [0.1, 0.15) is 20.8 Å². The van der Waals surface area contributed by atoms with E-state index in [-0.39, 0.29) is 5.54 Å². The number of rotatable bonds is 4. The molecular weight excluding hydrogens is 181 g/mol. The highest BCUT2D eigenvalue weighted by Crippen LogP contribution is 2.12. The van der Waals surface area contributed by atoms with Gasteiger partial charge in [0.05, 0.1) is 0 Å². The molecule has 68 valence electrons. The van der Waals surface area contributed by atoms with Gasteiger partial charge < -0.3 is 0 Å². The maximum absolute atomic E-state index is 5.65. The van der Waals surface area contributed by atoms with Crippen molar-refractivity contribution in [2.75, 3.05) is 24.8 Å². The van der Waals surface area contributed by atoms with E-state index < -0.39 is 0 Å². The van der Waals surface area contributed by atoms with E-state index in [4.69, 9.17) is 23.2 Å². The number of nitrogens with zero attached hydrogens (tertiary/aromatic N) is 1. The van der Waals surface area contributed by atoms with Crippen LogP contribution in [0, 0.1) is 0 Å². The van der Waals surface area contributed by atoms with Gasteiger partial charge in [-0.15, -0.1) is 23.2 Å². The van der Waals surface area contributed by atoms with Gasteiger partial charge in [0.15, 0.2) is 0 Å². The molecule has 0 bridgehead atoms. The fraction of sp³-hybridized carbons (Fsp3) is 1.00. The van der Waals surface area contributed by atoms with Gasteiger partial charge in [-0.1, -0.05) is 0 Å². The zero-order chi connectivity index (χ0) is 8.91. The SMILES string of the molecule is CC(C)(C)N(CCCl)CCCl. The standard InChI is InChI=1S/C8H17Cl2N/c1-8(2,3)11(6-4-9)7-5-10/h4-7H2,1-3H3. The van der Waals surface area contributed by atoms with Crippen molar-refractivity contribution in [3.63, 3.8) is 0 Å². The first-order valence-corrected chi connectivity index (χ1v) is 4.96. The summed E-state index contributed by atoms with van der Waals surface area (Å²) in [5, 5.41) is 0. The largest absolute Gasteiger partial charge is 0.296 e. The number of hydrogen-bond acceptors (Lipinski definition) is 1. The van der Waals surface area contributed by atoms with Crippen molar-refractivity contribution in [2.45, 2.75) is 26.3 Å². The lowest BCUT2D eigenvalue weighted by Gasteiger charge is -2.34. The van der Waals surface area contributed by atoms with Gasteiger partial charge in [0, 0.05) is 30.4 Å². The Labute approximate surface area is 79.7 Å². The van der Waals surface area contributed by atoms with E-state index in [1.165, 1.54) is 0 Å². The molecule has 1 nitrogen and oxygen atoms in total. The maximum Gasteiger partial charge on any atom is 0.0351 e. The van der Waals surface area contributed by atoms with E-state index in [9.17, 15) is 0 Å². The average molecular weight is 198 g/mol. The van der Waals surface area contributed by atoms with Crippen LogP contribution < -0.4 is 0 Å². The monoisotopic (exact) mass is 197 g/mol. The summed E-state index contributed by atoms with van der Waals surface area (Å²) in [6, 6.07) is 0. The molecule has 0 spiro atoms. The zero-order valence-electron chi connectivity index (χ0n) is 7.53. The van der Waals surface area contributed by atoms with Gasteiger partial charge in [0.25, 0.3) is 0 Å². The van der Waals surface area contributed by atoms with Gasteiger partial charge in [0.2, 0.25) is 0 Å². The fourth-order valence-electron chi connectivity index (χ4n) is 0.987. The van der Waals surface area contributed by atoms with Crippen molar-refractivity contribution < 1.29 is 0 Å². The van der Waals surface area contributed by atoms with E-state index in [0.717, 1.165) is 13.1 Å². The number of halogens is 2. The van der Waals surface area contributed by atoms with Crippen molar-refractivity contribution in [2.24, 2.45) is 0 Å². The lowest BCUT2D eigenvalue weighted by Crippen LogP contribution is -2.43. The first-order valence-electron chi connectivity index (χ1n) is 3.89. The first kappa shape index (κ1) is 11.5. The Morgan fingerprint density at radius 2 is 1.36 bits per heavy atom. The molecule has 0 saturated carbocycles. The minimum Gasteiger partial charge on any atom is -0.296 e. The van der Waals surface area contributed by atoms with Crippen molar-refractivity contribution in [3.05, 3.63) is 0 Å². The summed E-state index contributed by atoms with van der Waals surface area (Å²) in [4.78, 5) is 2.28. The molecule has 0 radical (unpaired) electrons. The zero-order valence-corrected chi connectivity index (χ0v) is 9.04. The van der Waals surface area contributed by atoms with Crippen LogP contribution in [0.3, 0.4) is 0 Å². The Bertz CT molecular complexity index is 92.8. The molecule has 0 aliphatic carbocycles. The topological polar surface area (TPSA) is 3.24 Å². The van der Waals surface area contributed by atoms with Crippen molar-refractivity contribution >= 4 is 23.2 Å². The van der Waals surface area contributed by atoms with E-state index in [1.807, 2.05) is 0 Å². The lowest BCUT2D eigenvalue weighted by molar-refractivity contribution is 0.156. The van der Waals surface area contributed by atoms with Crippen LogP contribution in [-0.2, 0) is 0 Å².